The van der Waals surface area contributed by atoms with Crippen LogP contribution in [0.1, 0.15) is 38.4 Å². The number of amides is 1. The van der Waals surface area contributed by atoms with Crippen LogP contribution in [0.25, 0.3) is 5.70 Å². The number of anilines is 1. The smallest absolute Gasteiger partial charge is 0.272 e. The molecule has 1 aromatic carbocycles. The summed E-state index contributed by atoms with van der Waals surface area (Å²) in [5, 5.41) is 3.48. The lowest BCUT2D eigenvalue weighted by molar-refractivity contribution is 0.0727. The van der Waals surface area contributed by atoms with E-state index in [1.807, 2.05) is 6.20 Å². The molecule has 3 heterocycles. The van der Waals surface area contributed by atoms with Gasteiger partial charge in [-0.05, 0) is 36.1 Å². The zero-order valence-electron chi connectivity index (χ0n) is 17.7. The van der Waals surface area contributed by atoms with Crippen LogP contribution in [0.5, 0.6) is 0 Å². The summed E-state index contributed by atoms with van der Waals surface area (Å²) in [5.74, 6) is 0.507. The summed E-state index contributed by atoms with van der Waals surface area (Å²) in [6.45, 7) is 1.03. The summed E-state index contributed by atoms with van der Waals surface area (Å²) < 4.78 is 0. The highest BCUT2D eigenvalue weighted by Gasteiger charge is 2.26. The fourth-order valence-electron chi connectivity index (χ4n) is 4.39. The van der Waals surface area contributed by atoms with E-state index in [9.17, 15) is 4.79 Å². The minimum Gasteiger partial charge on any atom is -0.403 e. The summed E-state index contributed by atoms with van der Waals surface area (Å²) >= 11 is 0. The van der Waals surface area contributed by atoms with Gasteiger partial charge in [0.2, 0.25) is 5.95 Å². The molecule has 32 heavy (non-hydrogen) atoms. The predicted octanol–water partition coefficient (Wildman–Crippen LogP) is 1.87. The van der Waals surface area contributed by atoms with Crippen LogP contribution in [0.2, 0.25) is 0 Å². The molecule has 0 spiro atoms. The molecule has 3 aromatic rings. The van der Waals surface area contributed by atoms with Gasteiger partial charge in [0.25, 0.3) is 5.91 Å². The molecule has 0 saturated heterocycles. The Labute approximate surface area is 186 Å². The van der Waals surface area contributed by atoms with Crippen LogP contribution < -0.4 is 16.8 Å². The second kappa shape index (κ2) is 8.30. The van der Waals surface area contributed by atoms with Gasteiger partial charge in [-0.15, -0.1) is 0 Å². The van der Waals surface area contributed by atoms with Gasteiger partial charge in [0.05, 0.1) is 11.4 Å². The van der Waals surface area contributed by atoms with Gasteiger partial charge in [0.15, 0.2) is 0 Å². The molecule has 5 N–H and O–H groups in total. The van der Waals surface area contributed by atoms with Crippen molar-refractivity contribution in [1.29, 1.82) is 0 Å². The zero-order chi connectivity index (χ0) is 22.1. The van der Waals surface area contributed by atoms with E-state index < -0.39 is 0 Å². The van der Waals surface area contributed by atoms with Gasteiger partial charge < -0.3 is 21.7 Å². The van der Waals surface area contributed by atoms with Crippen LogP contribution in [0.15, 0.2) is 55.0 Å². The van der Waals surface area contributed by atoms with Crippen molar-refractivity contribution >= 4 is 17.6 Å². The topological polar surface area (TPSA) is 123 Å². The number of nitrogens with zero attached hydrogens (tertiary/aromatic N) is 4. The van der Waals surface area contributed by atoms with E-state index in [1.165, 1.54) is 17.3 Å². The molecular formula is C24H25N7O. The Hall–Kier alpha value is -3.94. The van der Waals surface area contributed by atoms with Crippen LogP contribution in [-0.4, -0.2) is 38.3 Å². The van der Waals surface area contributed by atoms with Crippen LogP contribution in [0.3, 0.4) is 0 Å². The predicted molar refractivity (Wildman–Crippen MR) is 122 cm³/mol. The van der Waals surface area contributed by atoms with Gasteiger partial charge in [-0.3, -0.25) is 9.78 Å². The molecule has 8 nitrogen and oxygen atoms in total. The number of fused-ring (bicyclic) bond motifs is 2. The van der Waals surface area contributed by atoms with Gasteiger partial charge in [0.1, 0.15) is 5.69 Å². The fourth-order valence-corrected chi connectivity index (χ4v) is 4.39. The number of carbonyl (C=O) groups excluding carboxylic acids is 1. The molecule has 0 unspecified atom stereocenters. The van der Waals surface area contributed by atoms with Crippen molar-refractivity contribution in [2.75, 3.05) is 11.9 Å². The molecule has 5 rings (SSSR count). The standard InChI is InChI=1S/C24H25N7O/c25-12-20(26)17-5-7-27-22(11-17)23(32)31-8-6-21-18(14-31)13-28-24(30-21)29-19-9-15-3-1-2-4-16(15)10-19/h1-5,7,11-13,19H,6,8-10,14,25-26H2,(H,28,29,30)/b20-12-. The minimum atomic E-state index is -0.145. The fraction of sp³-hybridized carbons (Fsp3) is 0.250. The first-order valence-corrected chi connectivity index (χ1v) is 10.7. The highest BCUT2D eigenvalue weighted by molar-refractivity contribution is 5.93. The van der Waals surface area contributed by atoms with E-state index in [0.717, 1.165) is 24.1 Å². The number of pyridine rings is 1. The van der Waals surface area contributed by atoms with Gasteiger partial charge in [-0.2, -0.15) is 0 Å². The van der Waals surface area contributed by atoms with Gasteiger partial charge in [0, 0.05) is 55.3 Å². The third-order valence-corrected chi connectivity index (χ3v) is 6.10. The van der Waals surface area contributed by atoms with Crippen LogP contribution in [0, 0.1) is 0 Å². The molecule has 1 amide bonds. The zero-order valence-corrected chi connectivity index (χ0v) is 17.7. The van der Waals surface area contributed by atoms with Crippen molar-refractivity contribution in [3.63, 3.8) is 0 Å². The van der Waals surface area contributed by atoms with E-state index in [2.05, 4.69) is 39.6 Å². The largest absolute Gasteiger partial charge is 0.403 e. The summed E-state index contributed by atoms with van der Waals surface area (Å²) in [4.78, 5) is 28.2. The Morgan fingerprint density at radius 3 is 2.66 bits per heavy atom. The summed E-state index contributed by atoms with van der Waals surface area (Å²) in [6, 6.07) is 12.2. The molecular weight excluding hydrogens is 402 g/mol. The number of aromatic nitrogens is 3. The third kappa shape index (κ3) is 3.87. The normalized spacial score (nSPS) is 15.9. The lowest BCUT2D eigenvalue weighted by Crippen LogP contribution is -2.37. The Kier molecular flexibility index (Phi) is 5.18. The van der Waals surface area contributed by atoms with Crippen molar-refractivity contribution in [1.82, 2.24) is 19.9 Å². The number of rotatable bonds is 4. The molecule has 8 heteroatoms. The van der Waals surface area contributed by atoms with E-state index >= 15 is 0 Å². The number of hydrogen-bond acceptors (Lipinski definition) is 7. The third-order valence-electron chi connectivity index (χ3n) is 6.10. The molecule has 0 saturated carbocycles. The van der Waals surface area contributed by atoms with Gasteiger partial charge >= 0.3 is 0 Å². The van der Waals surface area contributed by atoms with Crippen molar-refractivity contribution in [2.45, 2.75) is 31.8 Å². The highest BCUT2D eigenvalue weighted by atomic mass is 16.2. The number of carbonyl (C=O) groups is 1. The molecule has 0 fully saturated rings. The van der Waals surface area contributed by atoms with Crippen LogP contribution >= 0.6 is 0 Å². The van der Waals surface area contributed by atoms with Crippen LogP contribution in [0.4, 0.5) is 5.95 Å². The van der Waals surface area contributed by atoms with E-state index in [0.29, 0.717) is 48.5 Å². The average Bonchev–Trinajstić information content (AvgIpc) is 3.25. The Morgan fingerprint density at radius 1 is 1.12 bits per heavy atom. The number of hydrogen-bond donors (Lipinski definition) is 3. The Morgan fingerprint density at radius 2 is 1.91 bits per heavy atom. The summed E-state index contributed by atoms with van der Waals surface area (Å²) in [6.07, 6.45) is 7.34. The number of nitrogens with one attached hydrogen (secondary N) is 1. The van der Waals surface area contributed by atoms with Crippen molar-refractivity contribution in [3.05, 3.63) is 88.6 Å². The van der Waals surface area contributed by atoms with E-state index in [-0.39, 0.29) is 5.91 Å². The highest BCUT2D eigenvalue weighted by Crippen LogP contribution is 2.25. The van der Waals surface area contributed by atoms with Crippen molar-refractivity contribution < 1.29 is 4.79 Å². The first kappa shape index (κ1) is 20.0. The molecule has 162 valence electrons. The Bertz CT molecular complexity index is 1180. The van der Waals surface area contributed by atoms with E-state index in [1.54, 1.807) is 23.2 Å². The molecule has 2 aliphatic rings. The summed E-state index contributed by atoms with van der Waals surface area (Å²) in [7, 11) is 0. The monoisotopic (exact) mass is 427 g/mol. The maximum Gasteiger partial charge on any atom is 0.272 e. The van der Waals surface area contributed by atoms with Gasteiger partial charge in [-0.25, -0.2) is 9.97 Å². The molecule has 0 atom stereocenters. The second-order valence-corrected chi connectivity index (χ2v) is 8.21. The minimum absolute atomic E-state index is 0.145. The number of benzene rings is 1. The molecule has 1 aliphatic carbocycles. The average molecular weight is 428 g/mol. The molecule has 0 radical (unpaired) electrons. The first-order valence-electron chi connectivity index (χ1n) is 10.7. The van der Waals surface area contributed by atoms with Crippen molar-refractivity contribution in [3.8, 4) is 0 Å². The van der Waals surface area contributed by atoms with Crippen LogP contribution in [-0.2, 0) is 25.8 Å². The maximum absolute atomic E-state index is 13.0. The molecule has 0 bridgehead atoms. The van der Waals surface area contributed by atoms with Gasteiger partial charge in [-0.1, -0.05) is 24.3 Å². The lowest BCUT2D eigenvalue weighted by Gasteiger charge is -2.28. The Balaban J connectivity index is 1.27. The SMILES string of the molecule is N/C=C(\N)c1ccnc(C(=O)N2CCc3nc(NC4Cc5ccccc5C4)ncc3C2)c1. The second-order valence-electron chi connectivity index (χ2n) is 8.21. The first-order chi connectivity index (χ1) is 15.6. The van der Waals surface area contributed by atoms with E-state index in [4.69, 9.17) is 16.5 Å². The molecule has 2 aromatic heterocycles. The number of nitrogens with two attached hydrogens (primary N) is 2. The van der Waals surface area contributed by atoms with Crippen molar-refractivity contribution in [2.24, 2.45) is 11.5 Å². The summed E-state index contributed by atoms with van der Waals surface area (Å²) in [5.41, 5.74) is 17.5. The lowest BCUT2D eigenvalue weighted by atomic mass is 10.1. The quantitative estimate of drug-likeness (QED) is 0.581. The molecule has 1 aliphatic heterocycles. The maximum atomic E-state index is 13.0.